The Morgan fingerprint density at radius 2 is 1.90 bits per heavy atom. The Hall–Kier alpha value is -1.59. The van der Waals surface area contributed by atoms with E-state index in [1.165, 1.54) is 12.0 Å². The zero-order valence-electron chi connectivity index (χ0n) is 12.6. The van der Waals surface area contributed by atoms with E-state index < -0.39 is 0 Å². The number of rotatable bonds is 2. The van der Waals surface area contributed by atoms with Gasteiger partial charge in [-0.05, 0) is 32.0 Å². The van der Waals surface area contributed by atoms with Gasteiger partial charge in [0.05, 0.1) is 0 Å². The summed E-state index contributed by atoms with van der Waals surface area (Å²) >= 11 is 0. The molecule has 5 nitrogen and oxygen atoms in total. The van der Waals surface area contributed by atoms with Crippen LogP contribution >= 0.6 is 0 Å². The van der Waals surface area contributed by atoms with Crippen molar-refractivity contribution in [3.8, 4) is 0 Å². The molecule has 2 saturated heterocycles. The predicted molar refractivity (Wildman–Crippen MR) is 84.6 cm³/mol. The fourth-order valence-electron chi connectivity index (χ4n) is 3.08. The Morgan fingerprint density at radius 3 is 2.52 bits per heavy atom. The molecule has 0 saturated carbocycles. The van der Waals surface area contributed by atoms with E-state index in [-0.39, 0.29) is 6.03 Å². The molecule has 21 heavy (non-hydrogen) atoms. The van der Waals surface area contributed by atoms with Gasteiger partial charge in [-0.2, -0.15) is 0 Å². The van der Waals surface area contributed by atoms with Crippen molar-refractivity contribution in [1.82, 2.24) is 15.1 Å². The Labute approximate surface area is 126 Å². The highest BCUT2D eigenvalue weighted by Gasteiger charge is 2.27. The lowest BCUT2D eigenvalue weighted by Gasteiger charge is -2.37. The Morgan fingerprint density at radius 1 is 1.19 bits per heavy atom. The zero-order chi connectivity index (χ0) is 14.7. The van der Waals surface area contributed by atoms with Crippen LogP contribution < -0.4 is 10.6 Å². The third-order valence-electron chi connectivity index (χ3n) is 4.46. The minimum atomic E-state index is 0.0167. The van der Waals surface area contributed by atoms with Crippen LogP contribution in [0.4, 0.5) is 10.5 Å². The fourth-order valence-corrected chi connectivity index (χ4v) is 3.08. The standard InChI is InChI=1S/C16H24N4O/c1-13-2-4-14(5-3-13)18-16(21)20-10-8-19(9-11-20)15-6-7-17-12-15/h2-5,15,17H,6-12H2,1H3,(H,18,21). The molecule has 1 unspecified atom stereocenters. The highest BCUT2D eigenvalue weighted by Crippen LogP contribution is 2.14. The molecule has 0 radical (unpaired) electrons. The number of carbonyl (C=O) groups excluding carboxylic acids is 1. The van der Waals surface area contributed by atoms with E-state index >= 15 is 0 Å². The maximum atomic E-state index is 12.3. The third kappa shape index (κ3) is 3.54. The van der Waals surface area contributed by atoms with Crippen LogP contribution in [-0.2, 0) is 0 Å². The van der Waals surface area contributed by atoms with Crippen LogP contribution in [0.5, 0.6) is 0 Å². The molecular weight excluding hydrogens is 264 g/mol. The van der Waals surface area contributed by atoms with Crippen molar-refractivity contribution in [2.75, 3.05) is 44.6 Å². The van der Waals surface area contributed by atoms with E-state index in [9.17, 15) is 4.79 Å². The van der Waals surface area contributed by atoms with Crippen molar-refractivity contribution in [3.05, 3.63) is 29.8 Å². The summed E-state index contributed by atoms with van der Waals surface area (Å²) in [4.78, 5) is 16.7. The molecule has 1 atom stereocenters. The first-order chi connectivity index (χ1) is 10.2. The molecule has 2 aliphatic rings. The van der Waals surface area contributed by atoms with Gasteiger partial charge in [-0.15, -0.1) is 0 Å². The van der Waals surface area contributed by atoms with Gasteiger partial charge in [0, 0.05) is 44.5 Å². The summed E-state index contributed by atoms with van der Waals surface area (Å²) in [6.45, 7) is 7.85. The van der Waals surface area contributed by atoms with E-state index in [0.29, 0.717) is 6.04 Å². The summed E-state index contributed by atoms with van der Waals surface area (Å²) in [6.07, 6.45) is 1.23. The van der Waals surface area contributed by atoms with Gasteiger partial charge in [0.2, 0.25) is 0 Å². The third-order valence-corrected chi connectivity index (χ3v) is 4.46. The summed E-state index contributed by atoms with van der Waals surface area (Å²) in [6, 6.07) is 8.61. The molecule has 0 aliphatic carbocycles. The SMILES string of the molecule is Cc1ccc(NC(=O)N2CCN(C3CCNC3)CC2)cc1. The van der Waals surface area contributed by atoms with E-state index in [4.69, 9.17) is 0 Å². The molecule has 3 rings (SSSR count). The molecule has 114 valence electrons. The van der Waals surface area contributed by atoms with Gasteiger partial charge in [0.25, 0.3) is 0 Å². The summed E-state index contributed by atoms with van der Waals surface area (Å²) in [7, 11) is 0. The van der Waals surface area contributed by atoms with Gasteiger partial charge in [0.15, 0.2) is 0 Å². The summed E-state index contributed by atoms with van der Waals surface area (Å²) in [5.74, 6) is 0. The first-order valence-electron chi connectivity index (χ1n) is 7.80. The first kappa shape index (κ1) is 14.4. The maximum absolute atomic E-state index is 12.3. The van der Waals surface area contributed by atoms with Crippen molar-refractivity contribution in [1.29, 1.82) is 0 Å². The predicted octanol–water partition coefficient (Wildman–Crippen LogP) is 1.51. The number of benzene rings is 1. The second-order valence-corrected chi connectivity index (χ2v) is 5.97. The van der Waals surface area contributed by atoms with E-state index in [1.807, 2.05) is 36.1 Å². The second kappa shape index (κ2) is 6.45. The molecule has 2 aliphatic heterocycles. The highest BCUT2D eigenvalue weighted by molar-refractivity contribution is 5.89. The van der Waals surface area contributed by atoms with Gasteiger partial charge >= 0.3 is 6.03 Å². The maximum Gasteiger partial charge on any atom is 0.321 e. The monoisotopic (exact) mass is 288 g/mol. The van der Waals surface area contributed by atoms with E-state index in [1.54, 1.807) is 0 Å². The Bertz CT molecular complexity index is 474. The molecule has 2 heterocycles. The number of hydrogen-bond donors (Lipinski definition) is 2. The fraction of sp³-hybridized carbons (Fsp3) is 0.562. The largest absolute Gasteiger partial charge is 0.322 e. The van der Waals surface area contributed by atoms with E-state index in [0.717, 1.165) is 45.0 Å². The molecule has 5 heteroatoms. The molecule has 2 fully saturated rings. The van der Waals surface area contributed by atoms with Crippen molar-refractivity contribution < 1.29 is 4.79 Å². The lowest BCUT2D eigenvalue weighted by molar-refractivity contribution is 0.119. The number of piperazine rings is 1. The number of anilines is 1. The zero-order valence-corrected chi connectivity index (χ0v) is 12.6. The minimum Gasteiger partial charge on any atom is -0.322 e. The van der Waals surface area contributed by atoms with Crippen molar-refractivity contribution in [3.63, 3.8) is 0 Å². The number of urea groups is 1. The topological polar surface area (TPSA) is 47.6 Å². The molecular formula is C16H24N4O. The van der Waals surface area contributed by atoms with Crippen LogP contribution in [0.25, 0.3) is 0 Å². The van der Waals surface area contributed by atoms with Crippen LogP contribution in [0.15, 0.2) is 24.3 Å². The smallest absolute Gasteiger partial charge is 0.321 e. The Kier molecular flexibility index (Phi) is 4.41. The number of hydrogen-bond acceptors (Lipinski definition) is 3. The van der Waals surface area contributed by atoms with Crippen molar-refractivity contribution in [2.45, 2.75) is 19.4 Å². The molecule has 0 spiro atoms. The molecule has 0 bridgehead atoms. The molecule has 1 aromatic rings. The number of nitrogens with one attached hydrogen (secondary N) is 2. The van der Waals surface area contributed by atoms with Crippen LogP contribution in [0.3, 0.4) is 0 Å². The average Bonchev–Trinajstić information content (AvgIpc) is 3.04. The normalized spacial score (nSPS) is 23.3. The number of amides is 2. The molecule has 0 aromatic heterocycles. The molecule has 1 aromatic carbocycles. The second-order valence-electron chi connectivity index (χ2n) is 5.97. The summed E-state index contributed by atoms with van der Waals surface area (Å²) < 4.78 is 0. The van der Waals surface area contributed by atoms with Crippen LogP contribution in [0.1, 0.15) is 12.0 Å². The lowest BCUT2D eigenvalue weighted by Crippen LogP contribution is -2.53. The van der Waals surface area contributed by atoms with Gasteiger partial charge in [0.1, 0.15) is 0 Å². The number of aryl methyl sites for hydroxylation is 1. The van der Waals surface area contributed by atoms with E-state index in [2.05, 4.69) is 15.5 Å². The van der Waals surface area contributed by atoms with Crippen molar-refractivity contribution in [2.24, 2.45) is 0 Å². The summed E-state index contributed by atoms with van der Waals surface area (Å²) in [5, 5.41) is 6.39. The number of nitrogens with zero attached hydrogens (tertiary/aromatic N) is 2. The lowest BCUT2D eigenvalue weighted by atomic mass is 10.2. The molecule has 2 N–H and O–H groups in total. The van der Waals surface area contributed by atoms with Crippen LogP contribution in [-0.4, -0.2) is 61.1 Å². The van der Waals surface area contributed by atoms with Gasteiger partial charge in [-0.25, -0.2) is 4.79 Å². The number of carbonyl (C=O) groups is 1. The quantitative estimate of drug-likeness (QED) is 0.867. The van der Waals surface area contributed by atoms with Gasteiger partial charge in [-0.3, -0.25) is 4.90 Å². The van der Waals surface area contributed by atoms with Crippen LogP contribution in [0, 0.1) is 6.92 Å². The highest BCUT2D eigenvalue weighted by atomic mass is 16.2. The molecule has 2 amide bonds. The van der Waals surface area contributed by atoms with Crippen LogP contribution in [0.2, 0.25) is 0 Å². The van der Waals surface area contributed by atoms with Gasteiger partial charge in [-0.1, -0.05) is 17.7 Å². The van der Waals surface area contributed by atoms with Crippen molar-refractivity contribution >= 4 is 11.7 Å². The average molecular weight is 288 g/mol. The van der Waals surface area contributed by atoms with Gasteiger partial charge < -0.3 is 15.5 Å². The Balaban J connectivity index is 1.49. The first-order valence-corrected chi connectivity index (χ1v) is 7.80. The minimum absolute atomic E-state index is 0.0167. The summed E-state index contributed by atoms with van der Waals surface area (Å²) in [5.41, 5.74) is 2.07.